The van der Waals surface area contributed by atoms with E-state index in [1.54, 1.807) is 0 Å². The van der Waals surface area contributed by atoms with E-state index < -0.39 is 0 Å². The molecule has 0 unspecified atom stereocenters. The molecule has 0 atom stereocenters. The summed E-state index contributed by atoms with van der Waals surface area (Å²) in [7, 11) is 0. The van der Waals surface area contributed by atoms with Crippen molar-refractivity contribution in [3.8, 4) is 11.5 Å². The fraction of sp³-hybridized carbons (Fsp3) is 0.455. The first-order valence-electron chi connectivity index (χ1n) is 9.75. The third-order valence-corrected chi connectivity index (χ3v) is 4.05. The van der Waals surface area contributed by atoms with E-state index in [9.17, 15) is 0 Å². The van der Waals surface area contributed by atoms with Gasteiger partial charge < -0.3 is 20.1 Å². The molecule has 0 fully saturated rings. The summed E-state index contributed by atoms with van der Waals surface area (Å²) in [6.07, 6.45) is 4.90. The maximum Gasteiger partial charge on any atom is 0.121 e. The molecule has 0 amide bonds. The molecule has 0 aromatic heterocycles. The Hall–Kier alpha value is -2.36. The standard InChI is InChI=1S/C22H32N2O2/c1-3-5-6-7-17-26-22-10-8-9-20(18-22)24-16-15-23-19-11-13-21(14-12-19)25-4-2/h8-14,18,23-24H,3-7,15-17H2,1-2H3. The summed E-state index contributed by atoms with van der Waals surface area (Å²) in [5, 5.41) is 6.83. The van der Waals surface area contributed by atoms with Crippen molar-refractivity contribution in [1.29, 1.82) is 0 Å². The third-order valence-electron chi connectivity index (χ3n) is 4.05. The molecule has 0 bridgehead atoms. The van der Waals surface area contributed by atoms with Crippen LogP contribution in [0.3, 0.4) is 0 Å². The quantitative estimate of drug-likeness (QED) is 0.461. The molecule has 0 heterocycles. The summed E-state index contributed by atoms with van der Waals surface area (Å²) in [5.41, 5.74) is 2.18. The van der Waals surface area contributed by atoms with Crippen molar-refractivity contribution < 1.29 is 9.47 Å². The summed E-state index contributed by atoms with van der Waals surface area (Å²) in [6.45, 7) is 7.38. The molecule has 2 aromatic rings. The molecule has 0 aliphatic heterocycles. The van der Waals surface area contributed by atoms with E-state index in [0.717, 1.165) is 49.0 Å². The zero-order chi connectivity index (χ0) is 18.5. The maximum atomic E-state index is 5.83. The van der Waals surface area contributed by atoms with Gasteiger partial charge in [0.05, 0.1) is 13.2 Å². The van der Waals surface area contributed by atoms with Crippen LogP contribution in [0.25, 0.3) is 0 Å². The van der Waals surface area contributed by atoms with Gasteiger partial charge in [0.2, 0.25) is 0 Å². The topological polar surface area (TPSA) is 42.5 Å². The van der Waals surface area contributed by atoms with Gasteiger partial charge in [-0.15, -0.1) is 0 Å². The third kappa shape index (κ3) is 7.68. The van der Waals surface area contributed by atoms with Crippen LogP contribution in [-0.2, 0) is 0 Å². The smallest absolute Gasteiger partial charge is 0.121 e. The Morgan fingerprint density at radius 2 is 1.50 bits per heavy atom. The lowest BCUT2D eigenvalue weighted by Crippen LogP contribution is -2.13. The van der Waals surface area contributed by atoms with Crippen LogP contribution in [0.5, 0.6) is 11.5 Å². The lowest BCUT2D eigenvalue weighted by Gasteiger charge is -2.11. The second-order valence-corrected chi connectivity index (χ2v) is 6.25. The van der Waals surface area contributed by atoms with Gasteiger partial charge in [-0.3, -0.25) is 0 Å². The molecule has 0 spiro atoms. The molecular formula is C22H32N2O2. The average Bonchev–Trinajstić information content (AvgIpc) is 2.67. The number of hydrogen-bond donors (Lipinski definition) is 2. The highest BCUT2D eigenvalue weighted by Crippen LogP contribution is 2.18. The highest BCUT2D eigenvalue weighted by molar-refractivity contribution is 5.49. The minimum Gasteiger partial charge on any atom is -0.494 e. The van der Waals surface area contributed by atoms with Crippen LogP contribution >= 0.6 is 0 Å². The minimum atomic E-state index is 0.693. The first-order chi connectivity index (χ1) is 12.8. The highest BCUT2D eigenvalue weighted by Gasteiger charge is 1.98. The van der Waals surface area contributed by atoms with Crippen molar-refractivity contribution in [1.82, 2.24) is 0 Å². The number of ether oxygens (including phenoxy) is 2. The van der Waals surface area contributed by atoms with Gasteiger partial charge in [0, 0.05) is 30.5 Å². The van der Waals surface area contributed by atoms with Crippen LogP contribution in [-0.4, -0.2) is 26.3 Å². The van der Waals surface area contributed by atoms with Crippen molar-refractivity contribution in [2.45, 2.75) is 39.5 Å². The predicted octanol–water partition coefficient (Wildman–Crippen LogP) is 5.57. The Labute approximate surface area is 157 Å². The molecule has 0 aliphatic rings. The molecule has 4 heteroatoms. The van der Waals surface area contributed by atoms with Gasteiger partial charge in [0.1, 0.15) is 11.5 Å². The van der Waals surface area contributed by atoms with E-state index in [1.165, 1.54) is 19.3 Å². The monoisotopic (exact) mass is 356 g/mol. The average molecular weight is 357 g/mol. The van der Waals surface area contributed by atoms with Gasteiger partial charge in [0.15, 0.2) is 0 Å². The van der Waals surface area contributed by atoms with E-state index >= 15 is 0 Å². The van der Waals surface area contributed by atoms with Gasteiger partial charge in [0.25, 0.3) is 0 Å². The normalized spacial score (nSPS) is 10.4. The fourth-order valence-corrected chi connectivity index (χ4v) is 2.66. The van der Waals surface area contributed by atoms with Gasteiger partial charge >= 0.3 is 0 Å². The summed E-state index contributed by atoms with van der Waals surface area (Å²) >= 11 is 0. The van der Waals surface area contributed by atoms with E-state index in [-0.39, 0.29) is 0 Å². The number of benzene rings is 2. The molecule has 2 rings (SSSR count). The second-order valence-electron chi connectivity index (χ2n) is 6.25. The van der Waals surface area contributed by atoms with Crippen LogP contribution in [0.4, 0.5) is 11.4 Å². The molecule has 0 saturated carbocycles. The number of hydrogen-bond acceptors (Lipinski definition) is 4. The lowest BCUT2D eigenvalue weighted by molar-refractivity contribution is 0.305. The zero-order valence-electron chi connectivity index (χ0n) is 16.1. The first kappa shape index (κ1) is 20.0. The Balaban J connectivity index is 1.66. The second kappa shape index (κ2) is 12.1. The maximum absolute atomic E-state index is 5.83. The molecule has 0 saturated heterocycles. The van der Waals surface area contributed by atoms with Crippen LogP contribution in [0.2, 0.25) is 0 Å². The molecular weight excluding hydrogens is 324 g/mol. The first-order valence-corrected chi connectivity index (χ1v) is 9.75. The van der Waals surface area contributed by atoms with Crippen LogP contribution in [0.1, 0.15) is 39.5 Å². The molecule has 2 aromatic carbocycles. The Morgan fingerprint density at radius 3 is 2.23 bits per heavy atom. The van der Waals surface area contributed by atoms with Gasteiger partial charge in [-0.25, -0.2) is 0 Å². The Bertz CT molecular complexity index is 614. The van der Waals surface area contributed by atoms with Gasteiger partial charge in [-0.1, -0.05) is 32.3 Å². The summed E-state index contributed by atoms with van der Waals surface area (Å²) in [6, 6.07) is 16.2. The molecule has 2 N–H and O–H groups in total. The number of anilines is 2. The molecule has 0 aliphatic carbocycles. The van der Waals surface area contributed by atoms with E-state index in [1.807, 2.05) is 43.3 Å². The van der Waals surface area contributed by atoms with Crippen molar-refractivity contribution >= 4 is 11.4 Å². The SMILES string of the molecule is CCCCCCOc1cccc(NCCNc2ccc(OCC)cc2)c1. The summed E-state index contributed by atoms with van der Waals surface area (Å²) in [5.74, 6) is 1.84. The predicted molar refractivity (Wildman–Crippen MR) is 111 cm³/mol. The van der Waals surface area contributed by atoms with Gasteiger partial charge in [-0.05, 0) is 49.7 Å². The van der Waals surface area contributed by atoms with E-state index in [0.29, 0.717) is 6.61 Å². The van der Waals surface area contributed by atoms with Crippen molar-refractivity contribution in [3.63, 3.8) is 0 Å². The number of unbranched alkanes of at least 4 members (excludes halogenated alkanes) is 3. The molecule has 26 heavy (non-hydrogen) atoms. The summed E-state index contributed by atoms with van der Waals surface area (Å²) in [4.78, 5) is 0. The largest absolute Gasteiger partial charge is 0.494 e. The fourth-order valence-electron chi connectivity index (χ4n) is 2.66. The van der Waals surface area contributed by atoms with E-state index in [4.69, 9.17) is 9.47 Å². The molecule has 142 valence electrons. The summed E-state index contributed by atoms with van der Waals surface area (Å²) < 4.78 is 11.3. The van der Waals surface area contributed by atoms with Crippen molar-refractivity contribution in [2.75, 3.05) is 36.9 Å². The van der Waals surface area contributed by atoms with Crippen LogP contribution in [0.15, 0.2) is 48.5 Å². The van der Waals surface area contributed by atoms with Crippen molar-refractivity contribution in [2.24, 2.45) is 0 Å². The molecule has 0 radical (unpaired) electrons. The Morgan fingerprint density at radius 1 is 0.731 bits per heavy atom. The highest BCUT2D eigenvalue weighted by atomic mass is 16.5. The number of nitrogens with one attached hydrogen (secondary N) is 2. The van der Waals surface area contributed by atoms with Crippen LogP contribution in [0, 0.1) is 0 Å². The van der Waals surface area contributed by atoms with E-state index in [2.05, 4.69) is 29.7 Å². The Kier molecular flexibility index (Phi) is 9.26. The zero-order valence-corrected chi connectivity index (χ0v) is 16.1. The number of rotatable bonds is 13. The lowest BCUT2D eigenvalue weighted by atomic mass is 10.2. The van der Waals surface area contributed by atoms with Gasteiger partial charge in [-0.2, -0.15) is 0 Å². The van der Waals surface area contributed by atoms with Crippen molar-refractivity contribution in [3.05, 3.63) is 48.5 Å². The van der Waals surface area contributed by atoms with Crippen LogP contribution < -0.4 is 20.1 Å². The molecule has 4 nitrogen and oxygen atoms in total. The minimum absolute atomic E-state index is 0.693.